The number of aryl methyl sites for hydroxylation is 2. The number of carbonyl (C=O) groups excluding carboxylic acids is 2. The summed E-state index contributed by atoms with van der Waals surface area (Å²) in [5, 5.41) is 23.1. The lowest BCUT2D eigenvalue weighted by atomic mass is 9.69. The van der Waals surface area contributed by atoms with E-state index >= 15 is 0 Å². The van der Waals surface area contributed by atoms with Gasteiger partial charge in [-0.3, -0.25) is 9.59 Å². The molecule has 80 heavy (non-hydrogen) atoms. The second kappa shape index (κ2) is 20.9. The number of pyridine rings is 2. The van der Waals surface area contributed by atoms with Gasteiger partial charge in [-0.25, -0.2) is 36.2 Å². The molecule has 12 atom stereocenters. The number of rotatable bonds is 0. The standard InChI is InChI=1S/2C30H34ClN3O5S/c2*31-28-10-7-23-24(32-28)2-1-11-30(23)16-34-14-20-3-6-22(20)26(35)8-4-18-12-21(18)15-40(37,38)33-29(36)19-5-9-27(39-17-30)25(34)13-19/h2*4-5,7-10,13,18,20-22,26,35H,1-3,6,11-12,14-17H2,(H,33,36)/b2*8-4+/t18-,20+,21+,22-,26+,30+;18-,20+,21-,22-,26+,30+/m11/s1. The molecule has 6 aliphatic carbocycles. The molecule has 424 valence electrons. The van der Waals surface area contributed by atoms with Gasteiger partial charge in [0.1, 0.15) is 21.8 Å². The number of hydrogen-bond acceptors (Lipinski definition) is 14. The second-order valence-corrected chi connectivity index (χ2v) is 29.0. The second-order valence-electron chi connectivity index (χ2n) is 24.7. The van der Waals surface area contributed by atoms with Crippen LogP contribution in [0.25, 0.3) is 0 Å². The molecular formula is C60H68Cl2N6O10S2. The first kappa shape index (κ1) is 54.0. The predicted molar refractivity (Wildman–Crippen MR) is 304 cm³/mol. The first-order chi connectivity index (χ1) is 38.4. The van der Waals surface area contributed by atoms with Crippen LogP contribution in [0, 0.1) is 47.3 Å². The normalized spacial score (nSPS) is 35.1. The van der Waals surface area contributed by atoms with Gasteiger partial charge >= 0.3 is 0 Å². The minimum absolute atomic E-state index is 0.0336. The van der Waals surface area contributed by atoms with Gasteiger partial charge in [0.25, 0.3) is 11.8 Å². The Morgan fingerprint density at radius 2 is 1.01 bits per heavy atom. The Labute approximate surface area is 477 Å². The summed E-state index contributed by atoms with van der Waals surface area (Å²) < 4.78 is 68.8. The minimum Gasteiger partial charge on any atom is -0.490 e. The monoisotopic (exact) mass is 1170 g/mol. The van der Waals surface area contributed by atoms with Gasteiger partial charge in [0, 0.05) is 59.5 Å². The molecule has 4 N–H and O–H groups in total. The van der Waals surface area contributed by atoms with Crippen LogP contribution >= 0.6 is 23.2 Å². The van der Waals surface area contributed by atoms with E-state index in [2.05, 4.69) is 41.3 Å². The molecule has 4 fully saturated rings. The molecule has 14 rings (SSSR count). The molecular weight excluding hydrogens is 1100 g/mol. The summed E-state index contributed by atoms with van der Waals surface area (Å²) in [5.41, 5.74) is 5.83. The maximum atomic E-state index is 13.2. The summed E-state index contributed by atoms with van der Waals surface area (Å²) in [6, 6.07) is 18.2. The first-order valence-electron chi connectivity index (χ1n) is 28.6. The zero-order valence-corrected chi connectivity index (χ0v) is 47.7. The lowest BCUT2D eigenvalue weighted by molar-refractivity contribution is 0.0454. The Kier molecular flexibility index (Phi) is 14.1. The molecule has 2 amide bonds. The fourth-order valence-electron chi connectivity index (χ4n) is 14.5. The zero-order valence-electron chi connectivity index (χ0n) is 44.5. The third kappa shape index (κ3) is 10.7. The number of carbonyl (C=O) groups is 2. The highest BCUT2D eigenvalue weighted by atomic mass is 35.5. The number of nitrogens with one attached hydrogen (secondary N) is 2. The Hall–Kier alpha value is -5.24. The summed E-state index contributed by atoms with van der Waals surface area (Å²) in [4.78, 5) is 40.2. The first-order valence-corrected chi connectivity index (χ1v) is 32.6. The van der Waals surface area contributed by atoms with E-state index < -0.39 is 44.1 Å². The van der Waals surface area contributed by atoms with Gasteiger partial charge in [-0.2, -0.15) is 0 Å². The third-order valence-electron chi connectivity index (χ3n) is 19.4. The van der Waals surface area contributed by atoms with Crippen LogP contribution in [0.3, 0.4) is 0 Å². The summed E-state index contributed by atoms with van der Waals surface area (Å²) in [5.74, 6) is 0.912. The average Bonchev–Trinajstić information content (AvgIpc) is 4.35. The SMILES string of the molecule is O=C1NS(=O)(=O)C[C@@H]2C[C@H]2/C=C/[C@H](O)[C@@H]2CC[C@H]2CN2C[C@@]3(CCCc4nc(Cl)ccc43)COc3ccc1cc32.O=C1NS(=O)(=O)C[C@H]2C[C@H]2/C=C/[C@H](O)[C@@H]2CC[C@H]2CN2C[C@@]3(CCCc4nc(Cl)ccc43)COc3ccc1cc32. The third-order valence-corrected chi connectivity index (χ3v) is 22.6. The highest BCUT2D eigenvalue weighted by Crippen LogP contribution is 2.50. The van der Waals surface area contributed by atoms with Gasteiger partial charge < -0.3 is 29.5 Å². The number of anilines is 2. The van der Waals surface area contributed by atoms with Gasteiger partial charge in [-0.1, -0.05) is 59.6 Å². The van der Waals surface area contributed by atoms with Crippen LogP contribution in [-0.4, -0.2) is 112 Å². The molecule has 4 aliphatic heterocycles. The fraction of sp³-hybridized carbons (Fsp3) is 0.533. The van der Waals surface area contributed by atoms with E-state index in [9.17, 15) is 36.6 Å². The zero-order chi connectivity index (χ0) is 55.3. The Bertz CT molecular complexity index is 3220. The average molecular weight is 1170 g/mol. The molecule has 20 heteroatoms. The molecule has 2 spiro atoms. The number of nitrogens with zero attached hydrogens (tertiary/aromatic N) is 4. The number of ether oxygens (including phenoxy) is 2. The predicted octanol–water partition coefficient (Wildman–Crippen LogP) is 7.72. The maximum Gasteiger partial charge on any atom is 0.264 e. The van der Waals surface area contributed by atoms with Crippen molar-refractivity contribution in [2.45, 2.75) is 100 Å². The van der Waals surface area contributed by atoms with Crippen molar-refractivity contribution in [1.29, 1.82) is 0 Å². The largest absolute Gasteiger partial charge is 0.490 e. The quantitative estimate of drug-likeness (QED) is 0.0980. The molecule has 10 aliphatic rings. The van der Waals surface area contributed by atoms with Crippen molar-refractivity contribution < 1.29 is 46.1 Å². The molecule has 0 unspecified atom stereocenters. The van der Waals surface area contributed by atoms with Crippen LogP contribution in [0.15, 0.2) is 85.0 Å². The highest BCUT2D eigenvalue weighted by molar-refractivity contribution is 7.90. The van der Waals surface area contributed by atoms with Crippen LogP contribution < -0.4 is 28.7 Å². The number of allylic oxidation sites excluding steroid dienone is 2. The van der Waals surface area contributed by atoms with E-state index in [0.29, 0.717) is 61.2 Å². The number of aromatic nitrogens is 2. The Morgan fingerprint density at radius 1 is 0.575 bits per heavy atom. The maximum absolute atomic E-state index is 13.2. The smallest absolute Gasteiger partial charge is 0.264 e. The van der Waals surface area contributed by atoms with Crippen molar-refractivity contribution in [1.82, 2.24) is 19.4 Å². The lowest BCUT2D eigenvalue weighted by Crippen LogP contribution is -2.49. The number of aliphatic hydroxyl groups is 2. The van der Waals surface area contributed by atoms with Gasteiger partial charge in [0.2, 0.25) is 20.0 Å². The molecule has 6 heterocycles. The van der Waals surface area contributed by atoms with E-state index in [4.69, 9.17) is 32.7 Å². The number of aliphatic hydroxyl groups excluding tert-OH is 2. The molecule has 16 nitrogen and oxygen atoms in total. The molecule has 4 saturated carbocycles. The van der Waals surface area contributed by atoms with Crippen molar-refractivity contribution in [3.05, 3.63) is 129 Å². The minimum atomic E-state index is -3.80. The van der Waals surface area contributed by atoms with Crippen LogP contribution in [-0.2, 0) is 43.7 Å². The van der Waals surface area contributed by atoms with Gasteiger partial charge in [0.05, 0.1) is 48.3 Å². The summed E-state index contributed by atoms with van der Waals surface area (Å²) in [7, 11) is -7.59. The van der Waals surface area contributed by atoms with Gasteiger partial charge in [-0.05, 0) is 184 Å². The van der Waals surface area contributed by atoms with E-state index in [1.807, 2.05) is 36.4 Å². The van der Waals surface area contributed by atoms with E-state index in [1.165, 1.54) is 0 Å². The lowest BCUT2D eigenvalue weighted by Gasteiger charge is -2.45. The summed E-state index contributed by atoms with van der Waals surface area (Å²) in [6.45, 7) is 3.68. The fourth-order valence-corrected chi connectivity index (χ4v) is 17.7. The number of fused-ring (bicyclic) bond motifs is 10. The van der Waals surface area contributed by atoms with Crippen molar-refractivity contribution in [2.75, 3.05) is 60.7 Å². The molecule has 2 aromatic carbocycles. The van der Waals surface area contributed by atoms with E-state index in [1.54, 1.807) is 36.4 Å². The summed E-state index contributed by atoms with van der Waals surface area (Å²) >= 11 is 12.5. The van der Waals surface area contributed by atoms with Crippen molar-refractivity contribution >= 4 is 66.4 Å². The van der Waals surface area contributed by atoms with Crippen LogP contribution in [0.5, 0.6) is 11.5 Å². The Morgan fingerprint density at radius 3 is 1.43 bits per heavy atom. The van der Waals surface area contributed by atoms with E-state index in [-0.39, 0.29) is 80.8 Å². The number of sulfonamides is 2. The van der Waals surface area contributed by atoms with Crippen molar-refractivity contribution in [2.24, 2.45) is 47.3 Å². The van der Waals surface area contributed by atoms with E-state index in [0.717, 1.165) is 111 Å². The van der Waals surface area contributed by atoms with Crippen molar-refractivity contribution in [3.8, 4) is 11.5 Å². The molecule has 0 radical (unpaired) electrons. The molecule has 0 saturated heterocycles. The number of benzene rings is 2. The van der Waals surface area contributed by atoms with Crippen LogP contribution in [0.1, 0.15) is 107 Å². The topological polar surface area (TPSA) is 218 Å². The molecule has 2 aromatic heterocycles. The van der Waals surface area contributed by atoms with Gasteiger partial charge in [0.15, 0.2) is 0 Å². The van der Waals surface area contributed by atoms with Gasteiger partial charge in [-0.15, -0.1) is 0 Å². The van der Waals surface area contributed by atoms with Crippen LogP contribution in [0.4, 0.5) is 11.4 Å². The molecule has 4 aromatic rings. The number of hydrogen-bond donors (Lipinski definition) is 4. The van der Waals surface area contributed by atoms with Crippen LogP contribution in [0.2, 0.25) is 10.3 Å². The highest BCUT2D eigenvalue weighted by Gasteiger charge is 2.48. The summed E-state index contributed by atoms with van der Waals surface area (Å²) in [6.07, 6.45) is 17.5. The number of amides is 2. The number of halogens is 2. The Balaban J connectivity index is 0.000000151. The molecule has 4 bridgehead atoms. The van der Waals surface area contributed by atoms with Crippen molar-refractivity contribution in [3.63, 3.8) is 0 Å².